The fourth-order valence-electron chi connectivity index (χ4n) is 2.28. The van der Waals surface area contributed by atoms with Crippen molar-refractivity contribution in [1.82, 2.24) is 0 Å². The maximum absolute atomic E-state index is 12.4. The number of carbonyl (C=O) groups is 2. The minimum atomic E-state index is -1.32. The number of nitrogens with one attached hydrogen (secondary N) is 1. The summed E-state index contributed by atoms with van der Waals surface area (Å²) in [7, 11) is 0.146. The lowest BCUT2D eigenvalue weighted by molar-refractivity contribution is -0.123. The zero-order valence-corrected chi connectivity index (χ0v) is 16.7. The number of carbonyl (C=O) groups excluding carboxylic acids is 2. The average Bonchev–Trinajstić information content (AvgIpc) is 2.67. The van der Waals surface area contributed by atoms with E-state index in [1.165, 1.54) is 26.2 Å². The van der Waals surface area contributed by atoms with Gasteiger partial charge < -0.3 is 14.8 Å². The minimum Gasteiger partial charge on any atom is -0.495 e. The molecule has 8 heteroatoms. The highest BCUT2D eigenvalue weighted by Crippen LogP contribution is 2.28. The van der Waals surface area contributed by atoms with Crippen molar-refractivity contribution in [3.05, 3.63) is 53.1 Å². The highest BCUT2D eigenvalue weighted by molar-refractivity contribution is 7.85. The van der Waals surface area contributed by atoms with Crippen LogP contribution in [0.15, 0.2) is 47.4 Å². The molecule has 0 saturated carbocycles. The lowest BCUT2D eigenvalue weighted by Gasteiger charge is -2.16. The Morgan fingerprint density at radius 3 is 2.59 bits per heavy atom. The van der Waals surface area contributed by atoms with Crippen LogP contribution in [0.2, 0.25) is 5.02 Å². The number of rotatable bonds is 7. The molecule has 0 aliphatic carbocycles. The fourth-order valence-corrected chi connectivity index (χ4v) is 3.39. The molecule has 27 heavy (non-hydrogen) atoms. The normalized spacial score (nSPS) is 12.7. The lowest BCUT2D eigenvalue weighted by atomic mass is 10.2. The van der Waals surface area contributed by atoms with Crippen LogP contribution >= 0.6 is 11.6 Å². The summed E-state index contributed by atoms with van der Waals surface area (Å²) in [6.07, 6.45) is -1.08. The summed E-state index contributed by atoms with van der Waals surface area (Å²) in [5, 5.41) is 3.04. The number of hydrogen-bond acceptors (Lipinski definition) is 5. The van der Waals surface area contributed by atoms with Crippen molar-refractivity contribution >= 4 is 40.0 Å². The van der Waals surface area contributed by atoms with Crippen LogP contribution in [0.5, 0.6) is 5.75 Å². The van der Waals surface area contributed by atoms with Crippen LogP contribution in [0.1, 0.15) is 24.2 Å². The first-order valence-electron chi connectivity index (χ1n) is 8.20. The smallest absolute Gasteiger partial charge is 0.340 e. The van der Waals surface area contributed by atoms with Crippen molar-refractivity contribution in [2.24, 2.45) is 0 Å². The number of esters is 1. The monoisotopic (exact) mass is 409 g/mol. The Kier molecular flexibility index (Phi) is 7.38. The first kappa shape index (κ1) is 20.9. The molecule has 0 radical (unpaired) electrons. The van der Waals surface area contributed by atoms with Gasteiger partial charge >= 0.3 is 5.97 Å². The third-order valence-corrected chi connectivity index (χ3v) is 5.29. The molecule has 0 aliphatic heterocycles. The second-order valence-electron chi connectivity index (χ2n) is 5.51. The van der Waals surface area contributed by atoms with Crippen molar-refractivity contribution in [3.63, 3.8) is 0 Å². The second kappa shape index (κ2) is 9.53. The number of amides is 1. The van der Waals surface area contributed by atoms with Crippen LogP contribution < -0.4 is 10.1 Å². The quantitative estimate of drug-likeness (QED) is 0.706. The van der Waals surface area contributed by atoms with Crippen LogP contribution in [0.25, 0.3) is 0 Å². The van der Waals surface area contributed by atoms with Gasteiger partial charge in [-0.3, -0.25) is 9.00 Å². The van der Waals surface area contributed by atoms with E-state index in [0.717, 1.165) is 0 Å². The molecule has 6 nitrogen and oxygen atoms in total. The molecule has 0 spiro atoms. The Morgan fingerprint density at radius 2 is 1.93 bits per heavy atom. The number of anilines is 1. The van der Waals surface area contributed by atoms with Crippen LogP contribution in [0, 0.1) is 0 Å². The molecule has 0 fully saturated rings. The molecular weight excluding hydrogens is 390 g/mol. The van der Waals surface area contributed by atoms with E-state index in [2.05, 4.69) is 5.32 Å². The van der Waals surface area contributed by atoms with Crippen LogP contribution in [-0.4, -0.2) is 35.1 Å². The predicted molar refractivity (Wildman–Crippen MR) is 105 cm³/mol. The molecule has 1 N–H and O–H groups in total. The van der Waals surface area contributed by atoms with Gasteiger partial charge in [0, 0.05) is 10.8 Å². The Bertz CT molecular complexity index is 871. The van der Waals surface area contributed by atoms with Crippen LogP contribution in [-0.2, 0) is 20.3 Å². The number of halogens is 1. The molecule has 0 unspecified atom stereocenters. The van der Waals surface area contributed by atoms with E-state index in [4.69, 9.17) is 21.1 Å². The summed E-state index contributed by atoms with van der Waals surface area (Å²) in [5.41, 5.74) is 0.544. The summed E-state index contributed by atoms with van der Waals surface area (Å²) in [6, 6.07) is 11.3. The van der Waals surface area contributed by atoms with E-state index in [-0.39, 0.29) is 5.56 Å². The summed E-state index contributed by atoms with van der Waals surface area (Å²) < 4.78 is 22.5. The Balaban J connectivity index is 2.12. The number of hydrogen-bond donors (Lipinski definition) is 1. The van der Waals surface area contributed by atoms with Crippen molar-refractivity contribution in [2.45, 2.75) is 24.8 Å². The fraction of sp³-hybridized carbons (Fsp3) is 0.263. The Morgan fingerprint density at radius 1 is 1.22 bits per heavy atom. The topological polar surface area (TPSA) is 81.7 Å². The summed E-state index contributed by atoms with van der Waals surface area (Å²) in [4.78, 5) is 25.2. The first-order valence-corrected chi connectivity index (χ1v) is 9.89. The maximum atomic E-state index is 12.4. The molecule has 0 bridgehead atoms. The summed E-state index contributed by atoms with van der Waals surface area (Å²) in [5.74, 6) is -0.462. The first-order chi connectivity index (χ1) is 12.9. The van der Waals surface area contributed by atoms with Crippen molar-refractivity contribution in [1.29, 1.82) is 0 Å². The van der Waals surface area contributed by atoms with Gasteiger partial charge in [0.05, 0.1) is 34.1 Å². The van der Waals surface area contributed by atoms with E-state index in [0.29, 0.717) is 27.1 Å². The zero-order valence-electron chi connectivity index (χ0n) is 15.2. The molecule has 1 amide bonds. The van der Waals surface area contributed by atoms with Gasteiger partial charge in [-0.15, -0.1) is 0 Å². The number of benzene rings is 2. The molecule has 0 heterocycles. The van der Waals surface area contributed by atoms with Gasteiger partial charge in [-0.1, -0.05) is 30.7 Å². The minimum absolute atomic E-state index is 0.178. The predicted octanol–water partition coefficient (Wildman–Crippen LogP) is 3.66. The highest BCUT2D eigenvalue weighted by atomic mass is 35.5. The van der Waals surface area contributed by atoms with E-state index >= 15 is 0 Å². The number of methoxy groups -OCH3 is 1. The average molecular weight is 410 g/mol. The van der Waals surface area contributed by atoms with Gasteiger partial charge in [0.15, 0.2) is 6.10 Å². The Hall–Kier alpha value is -2.38. The van der Waals surface area contributed by atoms with Crippen LogP contribution in [0.3, 0.4) is 0 Å². The van der Waals surface area contributed by atoms with Gasteiger partial charge in [0.25, 0.3) is 5.91 Å². The number of ether oxygens (including phenoxy) is 2. The highest BCUT2D eigenvalue weighted by Gasteiger charge is 2.23. The van der Waals surface area contributed by atoms with E-state index < -0.39 is 28.8 Å². The van der Waals surface area contributed by atoms with Gasteiger partial charge in [-0.2, -0.15) is 0 Å². The zero-order chi connectivity index (χ0) is 20.0. The second-order valence-corrected chi connectivity index (χ2v) is 7.66. The van der Waals surface area contributed by atoms with E-state index in [9.17, 15) is 13.8 Å². The third kappa shape index (κ3) is 5.30. The lowest BCUT2D eigenvalue weighted by Crippen LogP contribution is -2.30. The maximum Gasteiger partial charge on any atom is 0.340 e. The van der Waals surface area contributed by atoms with E-state index in [1.807, 2.05) is 0 Å². The molecule has 0 aliphatic rings. The molecule has 0 aromatic heterocycles. The van der Waals surface area contributed by atoms with Crippen molar-refractivity contribution in [2.75, 3.05) is 18.2 Å². The van der Waals surface area contributed by atoms with Crippen molar-refractivity contribution in [3.8, 4) is 5.75 Å². The van der Waals surface area contributed by atoms with Crippen molar-refractivity contribution < 1.29 is 23.3 Å². The SMILES string of the molecule is CC[S@](=O)c1ccccc1C(=O)O[C@H](C)C(=O)Nc1cc(Cl)ccc1OC. The summed E-state index contributed by atoms with van der Waals surface area (Å²) in [6.45, 7) is 3.20. The van der Waals surface area contributed by atoms with Gasteiger partial charge in [0.2, 0.25) is 0 Å². The van der Waals surface area contributed by atoms with Crippen LogP contribution in [0.4, 0.5) is 5.69 Å². The van der Waals surface area contributed by atoms with Gasteiger partial charge in [0.1, 0.15) is 5.75 Å². The molecule has 2 aromatic rings. The molecular formula is C19H20ClNO5S. The standard InChI is InChI=1S/C19H20ClNO5S/c1-4-27(24)17-8-6-5-7-14(17)19(23)26-12(2)18(22)21-15-11-13(20)9-10-16(15)25-3/h5-12H,4H2,1-3H3,(H,21,22)/t12-,27+/m1/s1. The van der Waals surface area contributed by atoms with Gasteiger partial charge in [-0.25, -0.2) is 4.79 Å². The molecule has 0 saturated heterocycles. The summed E-state index contributed by atoms with van der Waals surface area (Å²) >= 11 is 5.94. The molecule has 2 rings (SSSR count). The Labute approximate surface area is 165 Å². The van der Waals surface area contributed by atoms with E-state index in [1.54, 1.807) is 37.3 Å². The molecule has 144 valence electrons. The van der Waals surface area contributed by atoms with Gasteiger partial charge in [-0.05, 0) is 37.3 Å². The largest absolute Gasteiger partial charge is 0.495 e. The molecule has 2 aromatic carbocycles. The molecule has 2 atom stereocenters. The third-order valence-electron chi connectivity index (χ3n) is 3.69.